The molecule has 1 fully saturated rings. The summed E-state index contributed by atoms with van der Waals surface area (Å²) in [5.74, 6) is 0.886. The van der Waals surface area contributed by atoms with Crippen LogP contribution in [-0.4, -0.2) is 50.1 Å². The molecule has 0 spiro atoms. The fourth-order valence-electron chi connectivity index (χ4n) is 2.36. The van der Waals surface area contributed by atoms with E-state index in [0.717, 1.165) is 38.2 Å². The van der Waals surface area contributed by atoms with Crippen LogP contribution in [0.4, 0.5) is 0 Å². The highest BCUT2D eigenvalue weighted by atomic mass is 127. The first-order valence-electron chi connectivity index (χ1n) is 7.11. The maximum Gasteiger partial charge on any atom is 0.191 e. The van der Waals surface area contributed by atoms with Crippen molar-refractivity contribution in [3.63, 3.8) is 0 Å². The van der Waals surface area contributed by atoms with E-state index in [1.807, 2.05) is 6.08 Å². The first-order chi connectivity index (χ1) is 8.77. The predicted octanol–water partition coefficient (Wildman–Crippen LogP) is 2.22. The third kappa shape index (κ3) is 7.77. The Bertz CT molecular complexity index is 262. The van der Waals surface area contributed by atoms with Gasteiger partial charge in [0.1, 0.15) is 0 Å². The summed E-state index contributed by atoms with van der Waals surface area (Å²) < 4.78 is 0. The van der Waals surface area contributed by atoms with Crippen LogP contribution in [-0.2, 0) is 0 Å². The lowest BCUT2D eigenvalue weighted by Gasteiger charge is -2.23. The molecule has 0 heterocycles. The van der Waals surface area contributed by atoms with Gasteiger partial charge >= 0.3 is 0 Å². The molecule has 1 saturated carbocycles. The molecular formula is C14H29IN4. The third-order valence-electron chi connectivity index (χ3n) is 3.43. The normalized spacial score (nSPS) is 16.3. The summed E-state index contributed by atoms with van der Waals surface area (Å²) in [5, 5.41) is 6.45. The van der Waals surface area contributed by atoms with Crippen LogP contribution in [0.25, 0.3) is 0 Å². The molecule has 0 aromatic carbocycles. The Hall–Kier alpha value is -0.300. The van der Waals surface area contributed by atoms with Crippen LogP contribution in [0.15, 0.2) is 17.6 Å². The summed E-state index contributed by atoms with van der Waals surface area (Å²) in [5.41, 5.74) is 0. The molecule has 19 heavy (non-hydrogen) atoms. The van der Waals surface area contributed by atoms with Crippen molar-refractivity contribution < 1.29 is 0 Å². The van der Waals surface area contributed by atoms with Gasteiger partial charge in [-0.1, -0.05) is 18.9 Å². The van der Waals surface area contributed by atoms with Gasteiger partial charge in [0.25, 0.3) is 0 Å². The van der Waals surface area contributed by atoms with Crippen molar-refractivity contribution in [3.8, 4) is 0 Å². The third-order valence-corrected chi connectivity index (χ3v) is 3.43. The molecule has 1 aliphatic carbocycles. The van der Waals surface area contributed by atoms with Crippen molar-refractivity contribution in [1.29, 1.82) is 0 Å². The maximum atomic E-state index is 4.57. The molecule has 0 radical (unpaired) electrons. The molecule has 0 bridgehead atoms. The second-order valence-corrected chi connectivity index (χ2v) is 4.85. The van der Waals surface area contributed by atoms with Crippen molar-refractivity contribution in [2.45, 2.75) is 38.6 Å². The van der Waals surface area contributed by atoms with Gasteiger partial charge in [0, 0.05) is 25.7 Å². The number of guanidine groups is 1. The summed E-state index contributed by atoms with van der Waals surface area (Å²) >= 11 is 0. The van der Waals surface area contributed by atoms with Gasteiger partial charge in [0.05, 0.1) is 6.54 Å². The number of hydrogen-bond donors (Lipinski definition) is 2. The van der Waals surface area contributed by atoms with Crippen LogP contribution in [0.2, 0.25) is 0 Å². The van der Waals surface area contributed by atoms with Gasteiger partial charge < -0.3 is 15.5 Å². The fourth-order valence-corrected chi connectivity index (χ4v) is 2.36. The second-order valence-electron chi connectivity index (χ2n) is 4.85. The Kier molecular flexibility index (Phi) is 11.3. The van der Waals surface area contributed by atoms with Crippen molar-refractivity contribution >= 4 is 29.9 Å². The molecule has 0 atom stereocenters. The van der Waals surface area contributed by atoms with E-state index >= 15 is 0 Å². The van der Waals surface area contributed by atoms with Gasteiger partial charge in [0.15, 0.2) is 5.96 Å². The summed E-state index contributed by atoms with van der Waals surface area (Å²) in [4.78, 5) is 7.02. The molecule has 5 heteroatoms. The zero-order valence-electron chi connectivity index (χ0n) is 12.3. The van der Waals surface area contributed by atoms with Crippen LogP contribution >= 0.6 is 24.0 Å². The van der Waals surface area contributed by atoms with Crippen LogP contribution in [0.1, 0.15) is 32.6 Å². The number of nitrogens with zero attached hydrogens (tertiary/aromatic N) is 2. The minimum atomic E-state index is 0. The molecule has 0 aliphatic heterocycles. The van der Waals surface area contributed by atoms with Crippen molar-refractivity contribution in [2.24, 2.45) is 4.99 Å². The van der Waals surface area contributed by atoms with Crippen LogP contribution in [0, 0.1) is 0 Å². The molecule has 2 N–H and O–H groups in total. The zero-order chi connectivity index (χ0) is 13.2. The molecular weight excluding hydrogens is 351 g/mol. The van der Waals surface area contributed by atoms with Crippen LogP contribution in [0.3, 0.4) is 0 Å². The van der Waals surface area contributed by atoms with Gasteiger partial charge in [0.2, 0.25) is 0 Å². The monoisotopic (exact) mass is 380 g/mol. The second kappa shape index (κ2) is 11.5. The molecule has 112 valence electrons. The molecule has 0 amide bonds. The predicted molar refractivity (Wildman–Crippen MR) is 94.5 cm³/mol. The highest BCUT2D eigenvalue weighted by molar-refractivity contribution is 14.0. The zero-order valence-corrected chi connectivity index (χ0v) is 14.7. The molecule has 0 aromatic heterocycles. The van der Waals surface area contributed by atoms with Gasteiger partial charge in [-0.15, -0.1) is 30.6 Å². The van der Waals surface area contributed by atoms with Gasteiger partial charge in [-0.25, -0.2) is 0 Å². The number of aliphatic imine (C=N–C) groups is 1. The molecule has 0 unspecified atom stereocenters. The van der Waals surface area contributed by atoms with E-state index in [-0.39, 0.29) is 24.0 Å². The van der Waals surface area contributed by atoms with E-state index < -0.39 is 0 Å². The number of hydrogen-bond acceptors (Lipinski definition) is 2. The Morgan fingerprint density at radius 1 is 1.37 bits per heavy atom. The molecule has 4 nitrogen and oxygen atoms in total. The van der Waals surface area contributed by atoms with Crippen molar-refractivity contribution in [3.05, 3.63) is 12.7 Å². The highest BCUT2D eigenvalue weighted by Gasteiger charge is 2.18. The Morgan fingerprint density at radius 3 is 2.63 bits per heavy atom. The van der Waals surface area contributed by atoms with Gasteiger partial charge in [-0.3, -0.25) is 4.99 Å². The van der Waals surface area contributed by atoms with Crippen LogP contribution in [0.5, 0.6) is 0 Å². The topological polar surface area (TPSA) is 39.7 Å². The fraction of sp³-hybridized carbons (Fsp3) is 0.786. The lowest BCUT2D eigenvalue weighted by Crippen LogP contribution is -2.38. The van der Waals surface area contributed by atoms with Gasteiger partial charge in [-0.2, -0.15) is 0 Å². The average Bonchev–Trinajstić information content (AvgIpc) is 2.89. The number of nitrogens with one attached hydrogen (secondary N) is 2. The summed E-state index contributed by atoms with van der Waals surface area (Å²) in [6.45, 7) is 9.31. The molecule has 0 aromatic rings. The van der Waals surface area contributed by atoms with E-state index in [9.17, 15) is 0 Å². The standard InChI is InChI=1S/C14H28N4.HI/c1-4-10-16-14(15-5-2)17-11-12-18(3)13-8-6-7-9-13;/h4,13H,1,5-12H2,2-3H3,(H2,15,16,17);1H. The number of rotatable bonds is 7. The lowest BCUT2D eigenvalue weighted by molar-refractivity contribution is 0.252. The largest absolute Gasteiger partial charge is 0.357 e. The first-order valence-corrected chi connectivity index (χ1v) is 7.11. The summed E-state index contributed by atoms with van der Waals surface area (Å²) in [7, 11) is 2.22. The molecule has 0 saturated heterocycles. The maximum absolute atomic E-state index is 4.57. The summed E-state index contributed by atoms with van der Waals surface area (Å²) in [6.07, 6.45) is 7.34. The van der Waals surface area contributed by atoms with E-state index in [0.29, 0.717) is 0 Å². The van der Waals surface area contributed by atoms with E-state index in [1.165, 1.54) is 25.7 Å². The first kappa shape index (κ1) is 18.7. The van der Waals surface area contributed by atoms with E-state index in [1.54, 1.807) is 0 Å². The minimum absolute atomic E-state index is 0. The van der Waals surface area contributed by atoms with Crippen molar-refractivity contribution in [1.82, 2.24) is 15.5 Å². The smallest absolute Gasteiger partial charge is 0.191 e. The van der Waals surface area contributed by atoms with E-state index in [2.05, 4.69) is 41.1 Å². The molecule has 1 rings (SSSR count). The Labute approximate surface area is 135 Å². The van der Waals surface area contributed by atoms with Gasteiger partial charge in [-0.05, 0) is 26.8 Å². The minimum Gasteiger partial charge on any atom is -0.357 e. The highest BCUT2D eigenvalue weighted by Crippen LogP contribution is 2.21. The lowest BCUT2D eigenvalue weighted by atomic mass is 10.2. The molecule has 1 aliphatic rings. The Morgan fingerprint density at radius 2 is 2.05 bits per heavy atom. The number of halogens is 1. The average molecular weight is 380 g/mol. The quantitative estimate of drug-likeness (QED) is 0.308. The SMILES string of the molecule is C=CCNC(=NCCN(C)C1CCCC1)NCC.I. The number of likely N-dealkylation sites (N-methyl/N-ethyl adjacent to an activating group) is 1. The Balaban J connectivity index is 0.00000324. The van der Waals surface area contributed by atoms with E-state index in [4.69, 9.17) is 0 Å². The van der Waals surface area contributed by atoms with Crippen LogP contribution < -0.4 is 10.6 Å². The summed E-state index contributed by atoms with van der Waals surface area (Å²) in [6, 6.07) is 0.781. The van der Waals surface area contributed by atoms with Crippen molar-refractivity contribution in [2.75, 3.05) is 33.2 Å².